The zero-order valence-corrected chi connectivity index (χ0v) is 15.3. The lowest BCUT2D eigenvalue weighted by Crippen LogP contribution is -2.50. The van der Waals surface area contributed by atoms with Crippen LogP contribution in [0.25, 0.3) is 0 Å². The average Bonchev–Trinajstić information content (AvgIpc) is 2.64. The smallest absolute Gasteiger partial charge is 0.271 e. The van der Waals surface area contributed by atoms with Crippen LogP contribution in [0.4, 0.5) is 17.1 Å². The second-order valence-electron chi connectivity index (χ2n) is 5.81. The van der Waals surface area contributed by atoms with E-state index in [0.717, 1.165) is 5.69 Å². The van der Waals surface area contributed by atoms with Gasteiger partial charge < -0.3 is 20.2 Å². The first-order chi connectivity index (χ1) is 12.5. The van der Waals surface area contributed by atoms with Crippen LogP contribution in [0.15, 0.2) is 42.5 Å². The summed E-state index contributed by atoms with van der Waals surface area (Å²) in [6, 6.07) is 11.4. The first-order valence-corrected chi connectivity index (χ1v) is 8.77. The molecule has 0 amide bonds. The van der Waals surface area contributed by atoms with Gasteiger partial charge in [0.25, 0.3) is 5.69 Å². The number of phenolic OH excluding ortho intramolecular Hbond substituents is 1. The fraction of sp³-hybridized carbons (Fsp3) is 0.235. The van der Waals surface area contributed by atoms with Crippen LogP contribution in [0.3, 0.4) is 0 Å². The second kappa shape index (κ2) is 7.76. The van der Waals surface area contributed by atoms with Gasteiger partial charge in [-0.25, -0.2) is 0 Å². The first kappa shape index (κ1) is 18.2. The molecule has 0 unspecified atom stereocenters. The van der Waals surface area contributed by atoms with Gasteiger partial charge in [-0.15, -0.1) is 0 Å². The number of aromatic hydroxyl groups is 1. The number of thiocarbonyl (C=S) groups is 1. The molecular formula is C17H17ClN4O3S. The number of halogens is 1. The van der Waals surface area contributed by atoms with Gasteiger partial charge in [0.05, 0.1) is 21.3 Å². The Morgan fingerprint density at radius 2 is 1.88 bits per heavy atom. The SMILES string of the molecule is O=[N+]([O-])c1ccc(Cl)c(NC(=S)N2CCN(c3ccccc3O)CC2)c1. The molecule has 1 aliphatic rings. The summed E-state index contributed by atoms with van der Waals surface area (Å²) in [6.07, 6.45) is 0. The third-order valence-electron chi connectivity index (χ3n) is 4.19. The van der Waals surface area contributed by atoms with Crippen molar-refractivity contribution in [3.05, 3.63) is 57.6 Å². The lowest BCUT2D eigenvalue weighted by molar-refractivity contribution is -0.384. The summed E-state index contributed by atoms with van der Waals surface area (Å²) in [7, 11) is 0. The van der Waals surface area contributed by atoms with Crippen molar-refractivity contribution in [2.45, 2.75) is 0 Å². The first-order valence-electron chi connectivity index (χ1n) is 7.98. The fourth-order valence-electron chi connectivity index (χ4n) is 2.80. The summed E-state index contributed by atoms with van der Waals surface area (Å²) in [6.45, 7) is 2.71. The van der Waals surface area contributed by atoms with E-state index in [1.54, 1.807) is 12.1 Å². The van der Waals surface area contributed by atoms with Crippen molar-refractivity contribution in [1.29, 1.82) is 0 Å². The molecule has 136 valence electrons. The molecule has 0 bridgehead atoms. The van der Waals surface area contributed by atoms with Crippen LogP contribution in [0.5, 0.6) is 5.75 Å². The molecule has 2 aromatic rings. The minimum Gasteiger partial charge on any atom is -0.506 e. The quantitative estimate of drug-likeness (QED) is 0.470. The Balaban J connectivity index is 1.63. The highest BCUT2D eigenvalue weighted by Gasteiger charge is 2.21. The van der Waals surface area contributed by atoms with Crippen molar-refractivity contribution in [2.24, 2.45) is 0 Å². The number of anilines is 2. The number of para-hydroxylation sites is 2. The minimum absolute atomic E-state index is 0.0518. The van der Waals surface area contributed by atoms with Crippen molar-refractivity contribution in [3.8, 4) is 5.75 Å². The van der Waals surface area contributed by atoms with Gasteiger partial charge in [-0.3, -0.25) is 10.1 Å². The number of nitro benzene ring substituents is 1. The standard InChI is InChI=1S/C17H17ClN4O3S/c18-13-6-5-12(22(24)25)11-14(13)19-17(26)21-9-7-20(8-10-21)15-3-1-2-4-16(15)23/h1-6,11,23H,7-10H2,(H,19,26). The summed E-state index contributed by atoms with van der Waals surface area (Å²) in [5.41, 5.74) is 1.16. The third-order valence-corrected chi connectivity index (χ3v) is 4.88. The van der Waals surface area contributed by atoms with E-state index in [9.17, 15) is 15.2 Å². The topological polar surface area (TPSA) is 81.9 Å². The van der Waals surface area contributed by atoms with Crippen molar-refractivity contribution < 1.29 is 10.0 Å². The molecule has 9 heteroatoms. The number of hydrogen-bond acceptors (Lipinski definition) is 5. The van der Waals surface area contributed by atoms with Gasteiger partial charge in [-0.1, -0.05) is 23.7 Å². The second-order valence-corrected chi connectivity index (χ2v) is 6.61. The van der Waals surface area contributed by atoms with E-state index in [1.807, 2.05) is 17.0 Å². The van der Waals surface area contributed by atoms with Crippen molar-refractivity contribution in [1.82, 2.24) is 4.90 Å². The van der Waals surface area contributed by atoms with E-state index in [0.29, 0.717) is 42.0 Å². The van der Waals surface area contributed by atoms with E-state index in [4.69, 9.17) is 23.8 Å². The molecule has 7 nitrogen and oxygen atoms in total. The summed E-state index contributed by atoms with van der Waals surface area (Å²) in [4.78, 5) is 14.5. The average molecular weight is 393 g/mol. The maximum Gasteiger partial charge on any atom is 0.271 e. The molecule has 1 saturated heterocycles. The predicted molar refractivity (Wildman–Crippen MR) is 106 cm³/mol. The number of nitro groups is 1. The molecule has 1 aliphatic heterocycles. The summed E-state index contributed by atoms with van der Waals surface area (Å²) in [5.74, 6) is 0.255. The number of nitrogens with zero attached hydrogens (tertiary/aromatic N) is 3. The van der Waals surface area contributed by atoms with Gasteiger partial charge in [0.1, 0.15) is 5.75 Å². The molecule has 0 radical (unpaired) electrons. The Labute approximate surface area is 160 Å². The predicted octanol–water partition coefficient (Wildman–Crippen LogP) is 3.47. The highest BCUT2D eigenvalue weighted by Crippen LogP contribution is 2.29. The lowest BCUT2D eigenvalue weighted by Gasteiger charge is -2.37. The van der Waals surface area contributed by atoms with E-state index >= 15 is 0 Å². The number of benzene rings is 2. The van der Waals surface area contributed by atoms with E-state index in [-0.39, 0.29) is 11.4 Å². The molecule has 26 heavy (non-hydrogen) atoms. The molecule has 0 aliphatic carbocycles. The molecular weight excluding hydrogens is 376 g/mol. The van der Waals surface area contributed by atoms with Crippen LogP contribution in [0, 0.1) is 10.1 Å². The molecule has 1 fully saturated rings. The molecule has 0 spiro atoms. The Hall–Kier alpha value is -2.58. The maximum absolute atomic E-state index is 10.9. The molecule has 0 atom stereocenters. The van der Waals surface area contributed by atoms with Crippen LogP contribution in [0.2, 0.25) is 5.02 Å². The van der Waals surface area contributed by atoms with Crippen LogP contribution >= 0.6 is 23.8 Å². The van der Waals surface area contributed by atoms with E-state index in [2.05, 4.69) is 10.2 Å². The molecule has 2 N–H and O–H groups in total. The Morgan fingerprint density at radius 1 is 1.19 bits per heavy atom. The Morgan fingerprint density at radius 3 is 2.54 bits per heavy atom. The lowest BCUT2D eigenvalue weighted by atomic mass is 10.2. The van der Waals surface area contributed by atoms with Gasteiger partial charge in [-0.2, -0.15) is 0 Å². The Kier molecular flexibility index (Phi) is 5.43. The number of non-ortho nitro benzene ring substituents is 1. The van der Waals surface area contributed by atoms with Crippen LogP contribution < -0.4 is 10.2 Å². The van der Waals surface area contributed by atoms with Crippen molar-refractivity contribution >= 4 is 46.0 Å². The van der Waals surface area contributed by atoms with Crippen molar-refractivity contribution in [3.63, 3.8) is 0 Å². The highest BCUT2D eigenvalue weighted by atomic mass is 35.5. The Bertz CT molecular complexity index is 841. The molecule has 0 aromatic heterocycles. The number of rotatable bonds is 3. The third kappa shape index (κ3) is 3.97. The molecule has 3 rings (SSSR count). The van der Waals surface area contributed by atoms with Gasteiger partial charge >= 0.3 is 0 Å². The number of nitrogens with one attached hydrogen (secondary N) is 1. The highest BCUT2D eigenvalue weighted by molar-refractivity contribution is 7.80. The number of hydrogen-bond donors (Lipinski definition) is 2. The minimum atomic E-state index is -0.477. The fourth-order valence-corrected chi connectivity index (χ4v) is 3.26. The van der Waals surface area contributed by atoms with Gasteiger partial charge in [0, 0.05) is 38.3 Å². The van der Waals surface area contributed by atoms with Crippen LogP contribution in [-0.4, -0.2) is 46.2 Å². The zero-order valence-electron chi connectivity index (χ0n) is 13.8. The summed E-state index contributed by atoms with van der Waals surface area (Å²) in [5, 5.41) is 24.7. The number of piperazine rings is 1. The van der Waals surface area contributed by atoms with Crippen LogP contribution in [0.1, 0.15) is 0 Å². The molecule has 0 saturated carbocycles. The largest absolute Gasteiger partial charge is 0.506 e. The van der Waals surface area contributed by atoms with Crippen LogP contribution in [-0.2, 0) is 0 Å². The summed E-state index contributed by atoms with van der Waals surface area (Å²) >= 11 is 11.5. The molecule has 1 heterocycles. The monoisotopic (exact) mass is 392 g/mol. The van der Waals surface area contributed by atoms with Crippen molar-refractivity contribution in [2.75, 3.05) is 36.4 Å². The van der Waals surface area contributed by atoms with Gasteiger partial charge in [0.2, 0.25) is 0 Å². The molecule has 2 aromatic carbocycles. The van der Waals surface area contributed by atoms with E-state index in [1.165, 1.54) is 18.2 Å². The number of phenols is 1. The van der Waals surface area contributed by atoms with Gasteiger partial charge in [-0.05, 0) is 30.4 Å². The normalized spacial score (nSPS) is 14.2. The zero-order chi connectivity index (χ0) is 18.7. The van der Waals surface area contributed by atoms with Gasteiger partial charge in [0.15, 0.2) is 5.11 Å². The maximum atomic E-state index is 10.9. The van der Waals surface area contributed by atoms with E-state index < -0.39 is 4.92 Å². The summed E-state index contributed by atoms with van der Waals surface area (Å²) < 4.78 is 0.